The van der Waals surface area contributed by atoms with Crippen LogP contribution in [0.2, 0.25) is 5.02 Å². The normalized spacial score (nSPS) is 17.9. The van der Waals surface area contributed by atoms with Crippen molar-refractivity contribution in [2.45, 2.75) is 13.0 Å². The molecule has 5 nitrogen and oxygen atoms in total. The van der Waals surface area contributed by atoms with Crippen molar-refractivity contribution in [1.82, 2.24) is 4.98 Å². The van der Waals surface area contributed by atoms with Crippen molar-refractivity contribution in [3.63, 3.8) is 0 Å². The monoisotopic (exact) mass is 440 g/mol. The van der Waals surface area contributed by atoms with Crippen LogP contribution in [-0.2, 0) is 9.59 Å². The molecule has 1 N–H and O–H groups in total. The number of aryl methyl sites for hydroxylation is 1. The summed E-state index contributed by atoms with van der Waals surface area (Å²) in [5.41, 5.74) is 0.958. The first kappa shape index (κ1) is 20.7. The molecule has 0 aliphatic carbocycles. The number of aliphatic hydroxyl groups is 1. The molecule has 1 saturated heterocycles. The van der Waals surface area contributed by atoms with Gasteiger partial charge in [0.1, 0.15) is 17.4 Å². The summed E-state index contributed by atoms with van der Waals surface area (Å²) in [7, 11) is 0. The number of carbonyl (C=O) groups excluding carboxylic acids is 2. The number of anilines is 1. The van der Waals surface area contributed by atoms with Gasteiger partial charge in [0.2, 0.25) is 0 Å². The molecule has 0 saturated carbocycles. The molecule has 0 spiro atoms. The standard InChI is InChI=1S/C23H15ClF2N2O3/c1-12-10-14(2-4-17(12)25)21(29)19-20(13-6-8-27-9-7-13)28(23(31)22(19)30)15-3-5-18(26)16(24)11-15/h2-11,20,29H,1H3/b21-19+. The Labute approximate surface area is 181 Å². The first-order valence-electron chi connectivity index (χ1n) is 9.22. The van der Waals surface area contributed by atoms with E-state index in [2.05, 4.69) is 4.98 Å². The highest BCUT2D eigenvalue weighted by atomic mass is 35.5. The quantitative estimate of drug-likeness (QED) is 0.355. The van der Waals surface area contributed by atoms with Gasteiger partial charge in [-0.3, -0.25) is 19.5 Å². The lowest BCUT2D eigenvalue weighted by molar-refractivity contribution is -0.132. The molecular weight excluding hydrogens is 426 g/mol. The van der Waals surface area contributed by atoms with Gasteiger partial charge in [0.05, 0.1) is 16.6 Å². The minimum atomic E-state index is -1.02. The third-order valence-corrected chi connectivity index (χ3v) is 5.37. The fourth-order valence-corrected chi connectivity index (χ4v) is 3.72. The highest BCUT2D eigenvalue weighted by Gasteiger charge is 2.47. The van der Waals surface area contributed by atoms with Gasteiger partial charge in [-0.2, -0.15) is 0 Å². The summed E-state index contributed by atoms with van der Waals surface area (Å²) in [5.74, 6) is -3.43. The van der Waals surface area contributed by atoms with E-state index >= 15 is 0 Å². The molecule has 0 bridgehead atoms. The van der Waals surface area contributed by atoms with Crippen LogP contribution in [0.15, 0.2) is 66.5 Å². The van der Waals surface area contributed by atoms with Crippen molar-refractivity contribution in [2.24, 2.45) is 0 Å². The van der Waals surface area contributed by atoms with Crippen LogP contribution in [0.5, 0.6) is 0 Å². The third-order valence-electron chi connectivity index (χ3n) is 5.08. The Morgan fingerprint density at radius 1 is 1.03 bits per heavy atom. The van der Waals surface area contributed by atoms with Crippen molar-refractivity contribution in [2.75, 3.05) is 4.90 Å². The summed E-state index contributed by atoms with van der Waals surface area (Å²) in [6.07, 6.45) is 2.96. The SMILES string of the molecule is Cc1cc(/C(O)=C2\C(=O)C(=O)N(c3ccc(F)c(Cl)c3)C2c2ccncc2)ccc1F. The number of aromatic nitrogens is 1. The van der Waals surface area contributed by atoms with Gasteiger partial charge in [0, 0.05) is 23.6 Å². The van der Waals surface area contributed by atoms with Gasteiger partial charge in [-0.1, -0.05) is 11.6 Å². The molecule has 31 heavy (non-hydrogen) atoms. The molecule has 1 aromatic heterocycles. The predicted octanol–water partition coefficient (Wildman–Crippen LogP) is 4.95. The van der Waals surface area contributed by atoms with Crippen LogP contribution in [0.25, 0.3) is 5.76 Å². The van der Waals surface area contributed by atoms with Gasteiger partial charge in [-0.15, -0.1) is 0 Å². The van der Waals surface area contributed by atoms with E-state index in [-0.39, 0.29) is 27.4 Å². The maximum absolute atomic E-state index is 13.7. The van der Waals surface area contributed by atoms with Crippen LogP contribution in [0.3, 0.4) is 0 Å². The highest BCUT2D eigenvalue weighted by Crippen LogP contribution is 2.42. The Hall–Kier alpha value is -3.58. The van der Waals surface area contributed by atoms with Crippen molar-refractivity contribution in [3.05, 3.63) is 99.8 Å². The zero-order valence-electron chi connectivity index (χ0n) is 16.1. The molecule has 1 aliphatic rings. The van der Waals surface area contributed by atoms with E-state index in [0.29, 0.717) is 5.56 Å². The van der Waals surface area contributed by atoms with Crippen LogP contribution in [0.1, 0.15) is 22.7 Å². The van der Waals surface area contributed by atoms with Crippen molar-refractivity contribution < 1.29 is 23.5 Å². The van der Waals surface area contributed by atoms with E-state index in [9.17, 15) is 23.5 Å². The molecule has 1 atom stereocenters. The van der Waals surface area contributed by atoms with E-state index in [1.807, 2.05) is 0 Å². The van der Waals surface area contributed by atoms with Gasteiger partial charge < -0.3 is 5.11 Å². The van der Waals surface area contributed by atoms with Crippen LogP contribution in [-0.4, -0.2) is 21.8 Å². The fraction of sp³-hybridized carbons (Fsp3) is 0.0870. The van der Waals surface area contributed by atoms with E-state index in [1.165, 1.54) is 49.6 Å². The molecule has 1 aliphatic heterocycles. The van der Waals surface area contributed by atoms with Crippen LogP contribution in [0.4, 0.5) is 14.5 Å². The predicted molar refractivity (Wildman–Crippen MR) is 112 cm³/mol. The number of halogens is 3. The average Bonchev–Trinajstić information content (AvgIpc) is 3.03. The van der Waals surface area contributed by atoms with Crippen LogP contribution >= 0.6 is 11.6 Å². The minimum Gasteiger partial charge on any atom is -0.507 e. The van der Waals surface area contributed by atoms with Gasteiger partial charge >= 0.3 is 0 Å². The summed E-state index contributed by atoms with van der Waals surface area (Å²) < 4.78 is 27.4. The van der Waals surface area contributed by atoms with Gasteiger partial charge in [-0.25, -0.2) is 8.78 Å². The van der Waals surface area contributed by atoms with Gasteiger partial charge in [0.25, 0.3) is 11.7 Å². The largest absolute Gasteiger partial charge is 0.507 e. The molecule has 156 valence electrons. The van der Waals surface area contributed by atoms with Gasteiger partial charge in [0.15, 0.2) is 0 Å². The molecular formula is C23H15ClF2N2O3. The number of aliphatic hydroxyl groups excluding tert-OH is 1. The number of amides is 1. The van der Waals surface area contributed by atoms with Crippen molar-refractivity contribution >= 4 is 34.7 Å². The number of pyridine rings is 1. The van der Waals surface area contributed by atoms with Crippen LogP contribution in [0, 0.1) is 18.6 Å². The molecule has 8 heteroatoms. The number of ketones is 1. The number of rotatable bonds is 3. The molecule has 3 aromatic rings. The van der Waals surface area contributed by atoms with Crippen LogP contribution < -0.4 is 4.90 Å². The Morgan fingerprint density at radius 2 is 1.71 bits per heavy atom. The summed E-state index contributed by atoms with van der Waals surface area (Å²) in [6.45, 7) is 1.52. The Bertz CT molecular complexity index is 1240. The first-order valence-corrected chi connectivity index (χ1v) is 9.60. The number of hydrogen-bond donors (Lipinski definition) is 1. The number of Topliss-reactive ketones (excluding diaryl/α,β-unsaturated/α-hetero) is 1. The van der Waals surface area contributed by atoms with Gasteiger partial charge in [-0.05, 0) is 66.6 Å². The van der Waals surface area contributed by atoms with Crippen molar-refractivity contribution in [1.29, 1.82) is 0 Å². The molecule has 2 aromatic carbocycles. The number of benzene rings is 2. The van der Waals surface area contributed by atoms with E-state index < -0.39 is 35.1 Å². The Morgan fingerprint density at radius 3 is 2.35 bits per heavy atom. The van der Waals surface area contributed by atoms with Crippen molar-refractivity contribution in [3.8, 4) is 0 Å². The lowest BCUT2D eigenvalue weighted by Crippen LogP contribution is -2.29. The molecule has 1 amide bonds. The zero-order chi connectivity index (χ0) is 22.3. The molecule has 2 heterocycles. The fourth-order valence-electron chi connectivity index (χ4n) is 3.54. The lowest BCUT2D eigenvalue weighted by Gasteiger charge is -2.25. The lowest BCUT2D eigenvalue weighted by atomic mass is 9.95. The Balaban J connectivity index is 1.95. The molecule has 0 radical (unpaired) electrons. The second-order valence-corrected chi connectivity index (χ2v) is 7.42. The summed E-state index contributed by atoms with van der Waals surface area (Å²) in [6, 6.07) is 9.69. The molecule has 4 rings (SSSR count). The van der Waals surface area contributed by atoms with E-state index in [1.54, 1.807) is 12.1 Å². The summed E-state index contributed by atoms with van der Waals surface area (Å²) >= 11 is 5.89. The number of carbonyl (C=O) groups is 2. The second kappa shape index (κ2) is 7.92. The third kappa shape index (κ3) is 3.57. The highest BCUT2D eigenvalue weighted by molar-refractivity contribution is 6.51. The minimum absolute atomic E-state index is 0.178. The molecule has 1 fully saturated rings. The number of hydrogen-bond acceptors (Lipinski definition) is 4. The summed E-state index contributed by atoms with van der Waals surface area (Å²) in [4.78, 5) is 31.0. The maximum Gasteiger partial charge on any atom is 0.300 e. The topological polar surface area (TPSA) is 70.5 Å². The maximum atomic E-state index is 13.7. The molecule has 1 unspecified atom stereocenters. The van der Waals surface area contributed by atoms with E-state index in [0.717, 1.165) is 11.0 Å². The summed E-state index contributed by atoms with van der Waals surface area (Å²) in [5, 5.41) is 10.8. The zero-order valence-corrected chi connectivity index (χ0v) is 16.9. The van der Waals surface area contributed by atoms with E-state index in [4.69, 9.17) is 11.6 Å². The smallest absolute Gasteiger partial charge is 0.300 e. The second-order valence-electron chi connectivity index (χ2n) is 7.01. The Kier molecular flexibility index (Phi) is 5.29. The average molecular weight is 441 g/mol. The first-order chi connectivity index (χ1) is 14.8. The number of nitrogens with zero attached hydrogens (tertiary/aromatic N) is 2.